The van der Waals surface area contributed by atoms with Crippen LogP contribution in [0.15, 0.2) is 0 Å². The van der Waals surface area contributed by atoms with Crippen molar-refractivity contribution in [2.24, 2.45) is 5.41 Å². The molecule has 0 aromatic heterocycles. The fourth-order valence-electron chi connectivity index (χ4n) is 2.78. The molecule has 0 radical (unpaired) electrons. The van der Waals surface area contributed by atoms with Crippen molar-refractivity contribution in [3.05, 3.63) is 0 Å². The minimum atomic E-state index is -0.213. The number of rotatable bonds is 4. The Morgan fingerprint density at radius 2 is 1.44 bits per heavy atom. The van der Waals surface area contributed by atoms with Gasteiger partial charge in [0.05, 0.1) is 6.10 Å². The number of nitrogens with zero attached hydrogens (tertiary/aromatic N) is 1. The molecular weight excluding hydrogens is 222 g/mol. The fourth-order valence-corrected chi connectivity index (χ4v) is 2.78. The van der Waals surface area contributed by atoms with E-state index in [0.29, 0.717) is 5.41 Å². The Morgan fingerprint density at radius 3 is 1.89 bits per heavy atom. The first-order valence-corrected chi connectivity index (χ1v) is 7.66. The minimum Gasteiger partial charge on any atom is -0.391 e. The van der Waals surface area contributed by atoms with Crippen LogP contribution in [-0.4, -0.2) is 34.7 Å². The van der Waals surface area contributed by atoms with E-state index >= 15 is 0 Å². The van der Waals surface area contributed by atoms with Gasteiger partial charge in [-0.1, -0.05) is 33.6 Å². The summed E-state index contributed by atoms with van der Waals surface area (Å²) >= 11 is 0. The Bertz CT molecular complexity index is 234. The lowest BCUT2D eigenvalue weighted by Crippen LogP contribution is -2.52. The van der Waals surface area contributed by atoms with Gasteiger partial charge in [-0.25, -0.2) is 0 Å². The average molecular weight is 255 g/mol. The van der Waals surface area contributed by atoms with Gasteiger partial charge in [0, 0.05) is 5.54 Å². The SMILES string of the molecule is CC(C)(C)CCC(O)C(C)(C)N1CCCCCC1. The second kappa shape index (κ2) is 6.38. The molecule has 18 heavy (non-hydrogen) atoms. The first-order valence-electron chi connectivity index (χ1n) is 7.66. The Hall–Kier alpha value is -0.0800. The van der Waals surface area contributed by atoms with Crippen molar-refractivity contribution in [1.82, 2.24) is 4.90 Å². The zero-order valence-corrected chi connectivity index (χ0v) is 13.1. The first kappa shape index (κ1) is 16.0. The van der Waals surface area contributed by atoms with Crippen LogP contribution < -0.4 is 0 Å². The van der Waals surface area contributed by atoms with Crippen molar-refractivity contribution in [2.45, 2.75) is 84.8 Å². The predicted molar refractivity (Wildman–Crippen MR) is 78.8 cm³/mol. The molecule has 1 aliphatic heterocycles. The van der Waals surface area contributed by atoms with Crippen molar-refractivity contribution in [3.63, 3.8) is 0 Å². The van der Waals surface area contributed by atoms with E-state index < -0.39 is 0 Å². The summed E-state index contributed by atoms with van der Waals surface area (Å²) in [6.07, 6.45) is 7.06. The zero-order valence-electron chi connectivity index (χ0n) is 13.1. The molecule has 1 rings (SSSR count). The van der Waals surface area contributed by atoms with Gasteiger partial charge >= 0.3 is 0 Å². The predicted octanol–water partition coefficient (Wildman–Crippen LogP) is 3.83. The van der Waals surface area contributed by atoms with Gasteiger partial charge in [-0.3, -0.25) is 4.90 Å². The topological polar surface area (TPSA) is 23.5 Å². The molecule has 1 N–H and O–H groups in total. The van der Waals surface area contributed by atoms with Crippen LogP contribution in [0.3, 0.4) is 0 Å². The number of aliphatic hydroxyl groups excluding tert-OH is 1. The quantitative estimate of drug-likeness (QED) is 0.825. The molecule has 108 valence electrons. The summed E-state index contributed by atoms with van der Waals surface area (Å²) in [6, 6.07) is 0. The van der Waals surface area contributed by atoms with Gasteiger partial charge < -0.3 is 5.11 Å². The van der Waals surface area contributed by atoms with Crippen LogP contribution >= 0.6 is 0 Å². The van der Waals surface area contributed by atoms with E-state index in [0.717, 1.165) is 25.9 Å². The second-order valence-corrected chi connectivity index (χ2v) is 7.67. The van der Waals surface area contributed by atoms with Gasteiger partial charge in [0.25, 0.3) is 0 Å². The van der Waals surface area contributed by atoms with Crippen molar-refractivity contribution in [2.75, 3.05) is 13.1 Å². The summed E-state index contributed by atoms with van der Waals surface area (Å²) in [5, 5.41) is 10.5. The highest BCUT2D eigenvalue weighted by atomic mass is 16.3. The average Bonchev–Trinajstić information content (AvgIpc) is 2.53. The Labute approximate surface area is 114 Å². The van der Waals surface area contributed by atoms with E-state index in [2.05, 4.69) is 39.5 Å². The third-order valence-electron chi connectivity index (χ3n) is 4.40. The Balaban J connectivity index is 2.54. The van der Waals surface area contributed by atoms with Crippen molar-refractivity contribution in [1.29, 1.82) is 0 Å². The highest BCUT2D eigenvalue weighted by Gasteiger charge is 2.34. The third-order valence-corrected chi connectivity index (χ3v) is 4.40. The number of aliphatic hydroxyl groups is 1. The molecule has 1 heterocycles. The van der Waals surface area contributed by atoms with E-state index in [1.54, 1.807) is 0 Å². The van der Waals surface area contributed by atoms with Crippen LogP contribution in [0.4, 0.5) is 0 Å². The molecule has 1 atom stereocenters. The lowest BCUT2D eigenvalue weighted by atomic mass is 9.84. The molecule has 0 aromatic rings. The Kier molecular flexibility index (Phi) is 5.67. The van der Waals surface area contributed by atoms with Crippen LogP contribution in [-0.2, 0) is 0 Å². The van der Waals surface area contributed by atoms with E-state index in [1.165, 1.54) is 25.7 Å². The van der Waals surface area contributed by atoms with E-state index in [1.807, 2.05) is 0 Å². The van der Waals surface area contributed by atoms with Crippen molar-refractivity contribution < 1.29 is 5.11 Å². The molecule has 0 bridgehead atoms. The molecular formula is C16H33NO. The van der Waals surface area contributed by atoms with Crippen LogP contribution in [0, 0.1) is 5.41 Å². The number of likely N-dealkylation sites (tertiary alicyclic amines) is 1. The molecule has 1 fully saturated rings. The lowest BCUT2D eigenvalue weighted by molar-refractivity contribution is -0.0176. The van der Waals surface area contributed by atoms with Crippen molar-refractivity contribution in [3.8, 4) is 0 Å². The molecule has 0 saturated carbocycles. The standard InChI is InChI=1S/C16H33NO/c1-15(2,3)11-10-14(18)16(4,5)17-12-8-6-7-9-13-17/h14,18H,6-13H2,1-5H3. The lowest BCUT2D eigenvalue weighted by Gasteiger charge is -2.42. The van der Waals surface area contributed by atoms with Gasteiger partial charge in [-0.15, -0.1) is 0 Å². The summed E-state index contributed by atoms with van der Waals surface area (Å²) < 4.78 is 0. The highest BCUT2D eigenvalue weighted by Crippen LogP contribution is 2.29. The Morgan fingerprint density at radius 1 is 0.944 bits per heavy atom. The van der Waals surface area contributed by atoms with Gasteiger partial charge in [-0.2, -0.15) is 0 Å². The zero-order chi connectivity index (χ0) is 13.8. The number of hydrogen-bond acceptors (Lipinski definition) is 2. The molecule has 1 unspecified atom stereocenters. The van der Waals surface area contributed by atoms with E-state index in [4.69, 9.17) is 0 Å². The molecule has 2 nitrogen and oxygen atoms in total. The van der Waals surface area contributed by atoms with Gasteiger partial charge in [0.1, 0.15) is 0 Å². The maximum absolute atomic E-state index is 10.5. The van der Waals surface area contributed by atoms with Crippen LogP contribution in [0.2, 0.25) is 0 Å². The van der Waals surface area contributed by atoms with Gasteiger partial charge in [-0.05, 0) is 58.0 Å². The molecule has 2 heteroatoms. The summed E-state index contributed by atoms with van der Waals surface area (Å²) in [7, 11) is 0. The maximum Gasteiger partial charge on any atom is 0.0718 e. The van der Waals surface area contributed by atoms with Crippen molar-refractivity contribution >= 4 is 0 Å². The highest BCUT2D eigenvalue weighted by molar-refractivity contribution is 4.90. The molecule has 0 aromatic carbocycles. The summed E-state index contributed by atoms with van der Waals surface area (Å²) in [5.41, 5.74) is 0.242. The normalized spacial score (nSPS) is 21.7. The fraction of sp³-hybridized carbons (Fsp3) is 1.00. The van der Waals surface area contributed by atoms with Gasteiger partial charge in [0.2, 0.25) is 0 Å². The maximum atomic E-state index is 10.5. The molecule has 0 amide bonds. The minimum absolute atomic E-state index is 0.0738. The smallest absolute Gasteiger partial charge is 0.0718 e. The molecule has 1 aliphatic rings. The summed E-state index contributed by atoms with van der Waals surface area (Å²) in [6.45, 7) is 13.5. The molecule has 1 saturated heterocycles. The van der Waals surface area contributed by atoms with Crippen LogP contribution in [0.5, 0.6) is 0 Å². The van der Waals surface area contributed by atoms with Crippen LogP contribution in [0.25, 0.3) is 0 Å². The molecule has 0 spiro atoms. The largest absolute Gasteiger partial charge is 0.391 e. The van der Waals surface area contributed by atoms with Crippen LogP contribution in [0.1, 0.15) is 73.1 Å². The van der Waals surface area contributed by atoms with E-state index in [-0.39, 0.29) is 11.6 Å². The second-order valence-electron chi connectivity index (χ2n) is 7.67. The third kappa shape index (κ3) is 4.89. The molecule has 0 aliphatic carbocycles. The first-order chi connectivity index (χ1) is 8.23. The van der Waals surface area contributed by atoms with Gasteiger partial charge in [0.15, 0.2) is 0 Å². The summed E-state index contributed by atoms with van der Waals surface area (Å²) in [5.74, 6) is 0. The van der Waals surface area contributed by atoms with E-state index in [9.17, 15) is 5.11 Å². The monoisotopic (exact) mass is 255 g/mol. The summed E-state index contributed by atoms with van der Waals surface area (Å²) in [4.78, 5) is 2.51. The number of hydrogen-bond donors (Lipinski definition) is 1.